The Hall–Kier alpha value is -1.47. The molecule has 0 aliphatic carbocycles. The van der Waals surface area contributed by atoms with E-state index in [0.717, 1.165) is 0 Å². The topological polar surface area (TPSA) is 108 Å². The van der Waals surface area contributed by atoms with Crippen LogP contribution in [0.15, 0.2) is 0 Å². The molecule has 1 aliphatic heterocycles. The van der Waals surface area contributed by atoms with E-state index in [-0.39, 0.29) is 6.42 Å². The molecule has 4 amide bonds. The number of nitrogens with one attached hydrogen (secondary N) is 3. The Bertz CT molecular complexity index is 269. The minimum atomic E-state index is -1.75. The quantitative estimate of drug-likeness (QED) is 0.341. The van der Waals surface area contributed by atoms with Crippen LogP contribution in [-0.4, -0.2) is 28.6 Å². The predicted molar refractivity (Wildman–Crippen MR) is 44.2 cm³/mol. The van der Waals surface area contributed by atoms with E-state index in [4.69, 9.17) is 5.21 Å². The van der Waals surface area contributed by atoms with E-state index in [2.05, 4.69) is 0 Å². The van der Waals surface area contributed by atoms with Crippen LogP contribution in [0.5, 0.6) is 0 Å². The molecule has 7 heteroatoms. The highest BCUT2D eigenvalue weighted by atomic mass is 16.5. The molecule has 0 unspecified atom stereocenters. The summed E-state index contributed by atoms with van der Waals surface area (Å²) in [6, 6.07) is -0.873. The number of amides is 4. The molecule has 78 valence electrons. The molecule has 0 aromatic rings. The third-order valence-corrected chi connectivity index (χ3v) is 2.05. The maximum atomic E-state index is 11.3. The van der Waals surface area contributed by atoms with Gasteiger partial charge in [-0.1, -0.05) is 13.3 Å². The number of imide groups is 2. The Morgan fingerprint density at radius 2 is 1.79 bits per heavy atom. The number of carbonyl (C=O) groups excluding carboxylic acids is 3. The van der Waals surface area contributed by atoms with Crippen molar-refractivity contribution in [3.63, 3.8) is 0 Å². The van der Waals surface area contributed by atoms with Gasteiger partial charge in [0, 0.05) is 0 Å². The number of barbiturate groups is 1. The molecule has 0 aromatic heterocycles. The lowest BCUT2D eigenvalue weighted by Crippen LogP contribution is -2.71. The van der Waals surface area contributed by atoms with Gasteiger partial charge in [0.15, 0.2) is 5.54 Å². The average Bonchev–Trinajstić information content (AvgIpc) is 2.11. The zero-order valence-corrected chi connectivity index (χ0v) is 7.59. The summed E-state index contributed by atoms with van der Waals surface area (Å²) >= 11 is 0. The molecule has 0 saturated carbocycles. The molecule has 1 saturated heterocycles. The third-order valence-electron chi connectivity index (χ3n) is 2.05. The van der Waals surface area contributed by atoms with Gasteiger partial charge in [-0.2, -0.15) is 5.48 Å². The maximum Gasteiger partial charge on any atom is 0.328 e. The van der Waals surface area contributed by atoms with Crippen molar-refractivity contribution in [3.8, 4) is 0 Å². The van der Waals surface area contributed by atoms with Crippen LogP contribution < -0.4 is 16.1 Å². The van der Waals surface area contributed by atoms with E-state index in [1.165, 1.54) is 0 Å². The van der Waals surface area contributed by atoms with Crippen LogP contribution in [0.4, 0.5) is 4.79 Å². The fourth-order valence-electron chi connectivity index (χ4n) is 1.31. The summed E-state index contributed by atoms with van der Waals surface area (Å²) in [5, 5.41) is 12.6. The van der Waals surface area contributed by atoms with Crippen molar-refractivity contribution in [2.45, 2.75) is 25.3 Å². The first-order valence-electron chi connectivity index (χ1n) is 4.15. The summed E-state index contributed by atoms with van der Waals surface area (Å²) in [7, 11) is 0. The minimum Gasteiger partial charge on any atom is -0.315 e. The van der Waals surface area contributed by atoms with E-state index >= 15 is 0 Å². The van der Waals surface area contributed by atoms with Crippen LogP contribution in [0.3, 0.4) is 0 Å². The number of hydroxylamine groups is 1. The first-order chi connectivity index (χ1) is 6.56. The van der Waals surface area contributed by atoms with Gasteiger partial charge in [-0.25, -0.2) is 4.79 Å². The van der Waals surface area contributed by atoms with Crippen molar-refractivity contribution in [2.75, 3.05) is 0 Å². The summed E-state index contributed by atoms with van der Waals surface area (Å²) in [4.78, 5) is 33.4. The molecule has 0 radical (unpaired) electrons. The van der Waals surface area contributed by atoms with E-state index in [0.29, 0.717) is 6.42 Å². The van der Waals surface area contributed by atoms with Gasteiger partial charge in [0.25, 0.3) is 11.8 Å². The molecular formula is C7H11N3O4. The highest BCUT2D eigenvalue weighted by molar-refractivity contribution is 6.22. The highest BCUT2D eigenvalue weighted by Crippen LogP contribution is 2.15. The minimum absolute atomic E-state index is 0.106. The fraction of sp³-hybridized carbons (Fsp3) is 0.571. The van der Waals surface area contributed by atoms with Gasteiger partial charge in [-0.3, -0.25) is 20.2 Å². The van der Waals surface area contributed by atoms with Crippen LogP contribution in [0.2, 0.25) is 0 Å². The number of carbonyl (C=O) groups is 3. The largest absolute Gasteiger partial charge is 0.328 e. The third kappa shape index (κ3) is 1.47. The van der Waals surface area contributed by atoms with Crippen molar-refractivity contribution in [1.82, 2.24) is 16.1 Å². The van der Waals surface area contributed by atoms with Crippen molar-refractivity contribution >= 4 is 17.8 Å². The van der Waals surface area contributed by atoms with Gasteiger partial charge in [-0.05, 0) is 6.42 Å². The van der Waals surface area contributed by atoms with Crippen molar-refractivity contribution < 1.29 is 19.6 Å². The Morgan fingerprint density at radius 3 is 2.14 bits per heavy atom. The Kier molecular flexibility index (Phi) is 2.82. The van der Waals surface area contributed by atoms with E-state index < -0.39 is 23.4 Å². The summed E-state index contributed by atoms with van der Waals surface area (Å²) in [5.74, 6) is -1.67. The SMILES string of the molecule is CCCC1(NO)C(=O)NC(=O)NC1=O. The fourth-order valence-corrected chi connectivity index (χ4v) is 1.31. The highest BCUT2D eigenvalue weighted by Gasteiger charge is 2.49. The van der Waals surface area contributed by atoms with Crippen LogP contribution in [0, 0.1) is 0 Å². The van der Waals surface area contributed by atoms with Gasteiger partial charge in [-0.15, -0.1) is 0 Å². The normalized spacial score (nSPS) is 20.3. The Labute approximate surface area is 79.8 Å². The lowest BCUT2D eigenvalue weighted by molar-refractivity contribution is -0.146. The molecule has 0 spiro atoms. The van der Waals surface area contributed by atoms with Crippen molar-refractivity contribution in [2.24, 2.45) is 0 Å². The lowest BCUT2D eigenvalue weighted by Gasteiger charge is -2.31. The molecule has 14 heavy (non-hydrogen) atoms. The zero-order valence-electron chi connectivity index (χ0n) is 7.59. The zero-order chi connectivity index (χ0) is 10.8. The second-order valence-electron chi connectivity index (χ2n) is 3.00. The second-order valence-corrected chi connectivity index (χ2v) is 3.00. The lowest BCUT2D eigenvalue weighted by atomic mass is 9.91. The first kappa shape index (κ1) is 10.6. The summed E-state index contributed by atoms with van der Waals surface area (Å²) in [6.07, 6.45) is 0.608. The molecule has 1 rings (SSSR count). The molecule has 0 bridgehead atoms. The molecule has 7 nitrogen and oxygen atoms in total. The van der Waals surface area contributed by atoms with E-state index in [1.807, 2.05) is 10.6 Å². The predicted octanol–water partition coefficient (Wildman–Crippen LogP) is -1.13. The van der Waals surface area contributed by atoms with Crippen LogP contribution in [0.25, 0.3) is 0 Å². The van der Waals surface area contributed by atoms with Gasteiger partial charge in [0.05, 0.1) is 0 Å². The van der Waals surface area contributed by atoms with Crippen LogP contribution in [0.1, 0.15) is 19.8 Å². The maximum absolute atomic E-state index is 11.3. The molecular weight excluding hydrogens is 190 g/mol. The molecule has 1 heterocycles. The van der Waals surface area contributed by atoms with Gasteiger partial charge < -0.3 is 5.21 Å². The molecule has 0 atom stereocenters. The summed E-state index contributed by atoms with van der Waals surface area (Å²) in [6.45, 7) is 1.75. The summed E-state index contributed by atoms with van der Waals surface area (Å²) < 4.78 is 0. The number of rotatable bonds is 3. The number of urea groups is 1. The van der Waals surface area contributed by atoms with Gasteiger partial charge in [0.2, 0.25) is 0 Å². The van der Waals surface area contributed by atoms with E-state index in [1.54, 1.807) is 12.4 Å². The smallest absolute Gasteiger partial charge is 0.315 e. The second kappa shape index (κ2) is 3.72. The van der Waals surface area contributed by atoms with Gasteiger partial charge >= 0.3 is 6.03 Å². The summed E-state index contributed by atoms with van der Waals surface area (Å²) in [5.41, 5.74) is -0.0852. The van der Waals surface area contributed by atoms with Crippen LogP contribution >= 0.6 is 0 Å². The van der Waals surface area contributed by atoms with E-state index in [9.17, 15) is 14.4 Å². The van der Waals surface area contributed by atoms with Crippen molar-refractivity contribution in [3.05, 3.63) is 0 Å². The standard InChI is InChI=1S/C7H11N3O4/c1-2-3-7(10-14)4(11)8-6(13)9-5(7)12/h10,14H,2-3H2,1H3,(H2,8,9,11,12,13). The first-order valence-corrected chi connectivity index (χ1v) is 4.15. The molecule has 4 N–H and O–H groups in total. The molecule has 0 aromatic carbocycles. The Balaban J connectivity index is 2.97. The number of hydrogen-bond donors (Lipinski definition) is 4. The van der Waals surface area contributed by atoms with Crippen molar-refractivity contribution in [1.29, 1.82) is 0 Å². The Morgan fingerprint density at radius 1 is 1.29 bits per heavy atom. The number of hydrogen-bond acceptors (Lipinski definition) is 5. The average molecular weight is 201 g/mol. The monoisotopic (exact) mass is 201 g/mol. The molecule has 1 aliphatic rings. The molecule has 1 fully saturated rings. The van der Waals surface area contributed by atoms with Gasteiger partial charge in [0.1, 0.15) is 0 Å². The van der Waals surface area contributed by atoms with Crippen LogP contribution in [-0.2, 0) is 9.59 Å².